The molecule has 2 fully saturated rings. The Morgan fingerprint density at radius 2 is 2.00 bits per heavy atom. The highest BCUT2D eigenvalue weighted by atomic mass is 15.2. The van der Waals surface area contributed by atoms with Gasteiger partial charge in [0.25, 0.3) is 0 Å². The SMILES string of the molecule is C=CCN(Cc1cccc(CNC2CC2)c1)C1CC1. The van der Waals surface area contributed by atoms with Crippen molar-refractivity contribution in [2.24, 2.45) is 0 Å². The average molecular weight is 256 g/mol. The molecule has 3 rings (SSSR count). The summed E-state index contributed by atoms with van der Waals surface area (Å²) in [5, 5.41) is 3.58. The Bertz CT molecular complexity index is 433. The maximum absolute atomic E-state index is 3.87. The minimum Gasteiger partial charge on any atom is -0.310 e. The van der Waals surface area contributed by atoms with Crippen molar-refractivity contribution in [3.63, 3.8) is 0 Å². The summed E-state index contributed by atoms with van der Waals surface area (Å²) in [6, 6.07) is 10.6. The van der Waals surface area contributed by atoms with E-state index in [-0.39, 0.29) is 0 Å². The number of benzene rings is 1. The molecular weight excluding hydrogens is 232 g/mol. The van der Waals surface area contributed by atoms with Crippen LogP contribution in [0.4, 0.5) is 0 Å². The minimum atomic E-state index is 0.785. The Kier molecular flexibility index (Phi) is 4.00. The topological polar surface area (TPSA) is 15.3 Å². The lowest BCUT2D eigenvalue weighted by atomic mass is 10.1. The first kappa shape index (κ1) is 12.9. The first-order valence-corrected chi connectivity index (χ1v) is 7.51. The highest BCUT2D eigenvalue weighted by Gasteiger charge is 2.28. The van der Waals surface area contributed by atoms with Gasteiger partial charge in [-0.15, -0.1) is 6.58 Å². The fourth-order valence-corrected chi connectivity index (χ4v) is 2.57. The van der Waals surface area contributed by atoms with Gasteiger partial charge >= 0.3 is 0 Å². The van der Waals surface area contributed by atoms with Crippen molar-refractivity contribution in [2.45, 2.75) is 50.9 Å². The fraction of sp³-hybridized carbons (Fsp3) is 0.529. The molecule has 2 saturated carbocycles. The summed E-state index contributed by atoms with van der Waals surface area (Å²) in [6.07, 6.45) is 7.45. The van der Waals surface area contributed by atoms with Gasteiger partial charge in [-0.1, -0.05) is 30.3 Å². The lowest BCUT2D eigenvalue weighted by Crippen LogP contribution is -2.25. The zero-order valence-electron chi connectivity index (χ0n) is 11.6. The second-order valence-corrected chi connectivity index (χ2v) is 5.92. The van der Waals surface area contributed by atoms with Gasteiger partial charge in [-0.25, -0.2) is 0 Å². The third-order valence-electron chi connectivity index (χ3n) is 3.98. The molecule has 0 amide bonds. The molecule has 2 nitrogen and oxygen atoms in total. The molecule has 1 aromatic rings. The molecule has 0 spiro atoms. The van der Waals surface area contributed by atoms with E-state index in [0.29, 0.717) is 0 Å². The van der Waals surface area contributed by atoms with Gasteiger partial charge in [0.05, 0.1) is 0 Å². The molecule has 0 heterocycles. The van der Waals surface area contributed by atoms with E-state index in [4.69, 9.17) is 0 Å². The predicted octanol–water partition coefficient (Wildman–Crippen LogP) is 3.09. The molecule has 0 unspecified atom stereocenters. The van der Waals surface area contributed by atoms with E-state index in [1.165, 1.54) is 36.8 Å². The lowest BCUT2D eigenvalue weighted by molar-refractivity contribution is 0.284. The molecule has 0 atom stereocenters. The van der Waals surface area contributed by atoms with E-state index in [9.17, 15) is 0 Å². The second kappa shape index (κ2) is 5.89. The van der Waals surface area contributed by atoms with E-state index in [2.05, 4.69) is 41.1 Å². The maximum atomic E-state index is 3.87. The normalized spacial score (nSPS) is 18.8. The smallest absolute Gasteiger partial charge is 0.0240 e. The fourth-order valence-electron chi connectivity index (χ4n) is 2.57. The third-order valence-corrected chi connectivity index (χ3v) is 3.98. The van der Waals surface area contributed by atoms with Crippen LogP contribution in [0.1, 0.15) is 36.8 Å². The molecule has 2 aliphatic carbocycles. The summed E-state index contributed by atoms with van der Waals surface area (Å²) in [6.45, 7) is 6.96. The van der Waals surface area contributed by atoms with Gasteiger partial charge in [0.1, 0.15) is 0 Å². The van der Waals surface area contributed by atoms with Gasteiger partial charge < -0.3 is 5.32 Å². The molecule has 0 aromatic heterocycles. The number of hydrogen-bond donors (Lipinski definition) is 1. The van der Waals surface area contributed by atoms with Crippen LogP contribution < -0.4 is 5.32 Å². The minimum absolute atomic E-state index is 0.785. The molecule has 2 heteroatoms. The first-order chi connectivity index (χ1) is 9.35. The molecule has 19 heavy (non-hydrogen) atoms. The highest BCUT2D eigenvalue weighted by Crippen LogP contribution is 2.28. The first-order valence-electron chi connectivity index (χ1n) is 7.51. The van der Waals surface area contributed by atoms with Crippen molar-refractivity contribution < 1.29 is 0 Å². The van der Waals surface area contributed by atoms with Crippen molar-refractivity contribution in [2.75, 3.05) is 6.54 Å². The molecule has 102 valence electrons. The zero-order valence-corrected chi connectivity index (χ0v) is 11.6. The van der Waals surface area contributed by atoms with Crippen LogP contribution in [0.5, 0.6) is 0 Å². The maximum Gasteiger partial charge on any atom is 0.0240 e. The number of hydrogen-bond acceptors (Lipinski definition) is 2. The Morgan fingerprint density at radius 3 is 2.68 bits per heavy atom. The van der Waals surface area contributed by atoms with Crippen LogP contribution in [0, 0.1) is 0 Å². The summed E-state index contributed by atoms with van der Waals surface area (Å²) in [7, 11) is 0. The van der Waals surface area contributed by atoms with Gasteiger partial charge in [-0.2, -0.15) is 0 Å². The van der Waals surface area contributed by atoms with Crippen molar-refractivity contribution in [1.29, 1.82) is 0 Å². The van der Waals surface area contributed by atoms with Gasteiger partial charge in [0.15, 0.2) is 0 Å². The van der Waals surface area contributed by atoms with Crippen molar-refractivity contribution in [3.8, 4) is 0 Å². The molecule has 0 radical (unpaired) electrons. The molecular formula is C17H24N2. The lowest BCUT2D eigenvalue weighted by Gasteiger charge is -2.20. The van der Waals surface area contributed by atoms with Crippen molar-refractivity contribution >= 4 is 0 Å². The molecule has 0 aliphatic heterocycles. The molecule has 2 aliphatic rings. The summed E-state index contributed by atoms with van der Waals surface area (Å²) in [5.74, 6) is 0. The van der Waals surface area contributed by atoms with Crippen LogP contribution in [0.3, 0.4) is 0 Å². The summed E-state index contributed by atoms with van der Waals surface area (Å²) in [4.78, 5) is 2.54. The Hall–Kier alpha value is -1.12. The van der Waals surface area contributed by atoms with Gasteiger partial charge in [-0.05, 0) is 36.8 Å². The molecule has 1 aromatic carbocycles. The number of nitrogens with one attached hydrogen (secondary N) is 1. The number of nitrogens with zero attached hydrogens (tertiary/aromatic N) is 1. The van der Waals surface area contributed by atoms with Crippen molar-refractivity contribution in [1.82, 2.24) is 10.2 Å². The zero-order chi connectivity index (χ0) is 13.1. The summed E-state index contributed by atoms with van der Waals surface area (Å²) < 4.78 is 0. The molecule has 0 bridgehead atoms. The average Bonchev–Trinajstić information content (AvgIpc) is 3.30. The molecule has 1 N–H and O–H groups in total. The standard InChI is InChI=1S/C17H24N2/c1-2-10-19(17-8-9-17)13-15-5-3-4-14(11-15)12-18-16-6-7-16/h2-5,11,16-18H,1,6-10,12-13H2. The van der Waals surface area contributed by atoms with Gasteiger partial charge in [-0.3, -0.25) is 4.90 Å². The van der Waals surface area contributed by atoms with Crippen LogP contribution in [-0.2, 0) is 13.1 Å². The van der Waals surface area contributed by atoms with Crippen LogP contribution in [0.2, 0.25) is 0 Å². The summed E-state index contributed by atoms with van der Waals surface area (Å²) in [5.41, 5.74) is 2.85. The van der Waals surface area contributed by atoms with E-state index in [0.717, 1.165) is 31.7 Å². The largest absolute Gasteiger partial charge is 0.310 e. The van der Waals surface area contributed by atoms with Crippen LogP contribution in [0.15, 0.2) is 36.9 Å². The van der Waals surface area contributed by atoms with E-state index in [1.54, 1.807) is 0 Å². The Morgan fingerprint density at radius 1 is 1.21 bits per heavy atom. The van der Waals surface area contributed by atoms with Gasteiger partial charge in [0, 0.05) is 31.7 Å². The quantitative estimate of drug-likeness (QED) is 0.719. The van der Waals surface area contributed by atoms with Crippen molar-refractivity contribution in [3.05, 3.63) is 48.0 Å². The predicted molar refractivity (Wildman–Crippen MR) is 79.9 cm³/mol. The molecule has 0 saturated heterocycles. The van der Waals surface area contributed by atoms with Crippen LogP contribution in [-0.4, -0.2) is 23.5 Å². The van der Waals surface area contributed by atoms with Crippen LogP contribution in [0.25, 0.3) is 0 Å². The Balaban J connectivity index is 1.58. The van der Waals surface area contributed by atoms with Crippen LogP contribution >= 0.6 is 0 Å². The van der Waals surface area contributed by atoms with E-state index < -0.39 is 0 Å². The van der Waals surface area contributed by atoms with Gasteiger partial charge in [0.2, 0.25) is 0 Å². The Labute approximate surface area is 116 Å². The van der Waals surface area contributed by atoms with E-state index >= 15 is 0 Å². The summed E-state index contributed by atoms with van der Waals surface area (Å²) >= 11 is 0. The van der Waals surface area contributed by atoms with E-state index in [1.807, 2.05) is 6.08 Å². The second-order valence-electron chi connectivity index (χ2n) is 5.92. The third kappa shape index (κ3) is 3.92. The number of rotatable bonds is 8. The highest BCUT2D eigenvalue weighted by molar-refractivity contribution is 5.24. The monoisotopic (exact) mass is 256 g/mol.